The lowest BCUT2D eigenvalue weighted by Crippen LogP contribution is -2.04. The summed E-state index contributed by atoms with van der Waals surface area (Å²) in [7, 11) is 1.85. The topological polar surface area (TPSA) is 38.0 Å². The maximum atomic E-state index is 12.9. The van der Waals surface area contributed by atoms with Crippen molar-refractivity contribution in [2.45, 2.75) is 19.4 Å². The molecule has 1 unspecified atom stereocenters. The van der Waals surface area contributed by atoms with E-state index in [1.54, 1.807) is 23.2 Å². The van der Waals surface area contributed by atoms with Crippen LogP contribution in [0.5, 0.6) is 0 Å². The van der Waals surface area contributed by atoms with Crippen LogP contribution in [0.2, 0.25) is 0 Å². The van der Waals surface area contributed by atoms with Crippen LogP contribution in [-0.2, 0) is 13.5 Å². The van der Waals surface area contributed by atoms with Gasteiger partial charge >= 0.3 is 0 Å². The third kappa shape index (κ3) is 2.71. The number of benzene rings is 1. The Kier molecular flexibility index (Phi) is 3.24. The molecule has 1 atom stereocenters. The number of hydrogen-bond donors (Lipinski definition) is 1. The Bertz CT molecular complexity index is 522. The van der Waals surface area contributed by atoms with Gasteiger partial charge in [0.15, 0.2) is 0 Å². The molecule has 3 nitrogen and oxygen atoms in total. The molecule has 0 saturated carbocycles. The van der Waals surface area contributed by atoms with Gasteiger partial charge in [0.25, 0.3) is 0 Å². The Hall–Kier alpha value is -1.68. The molecule has 0 amide bonds. The lowest BCUT2D eigenvalue weighted by molar-refractivity contribution is 0.174. The van der Waals surface area contributed by atoms with Gasteiger partial charge in [0.1, 0.15) is 11.9 Å². The summed E-state index contributed by atoms with van der Waals surface area (Å²) < 4.78 is 14.7. The van der Waals surface area contributed by atoms with E-state index in [2.05, 4.69) is 4.98 Å². The summed E-state index contributed by atoms with van der Waals surface area (Å²) in [5.74, 6) is -0.251. The molecule has 90 valence electrons. The third-order valence-electron chi connectivity index (χ3n) is 2.78. The number of aliphatic hydroxyl groups excluding tert-OH is 1. The molecule has 17 heavy (non-hydrogen) atoms. The predicted octanol–water partition coefficient (Wildman–Crippen LogP) is 2.14. The summed E-state index contributed by atoms with van der Waals surface area (Å²) in [5, 5.41) is 10.0. The first kappa shape index (κ1) is 11.8. The molecule has 0 bridgehead atoms. The summed E-state index contributed by atoms with van der Waals surface area (Å²) in [5.41, 5.74) is 2.42. The number of nitrogens with zero attached hydrogens (tertiary/aromatic N) is 2. The standard InChI is InChI=1S/C13H15FN2O/c1-9-5-11(14)4-3-10(9)6-13(17)12-7-16(2)8-15-12/h3-5,7-8,13,17H,6H2,1-2H3. The largest absolute Gasteiger partial charge is 0.386 e. The van der Waals surface area contributed by atoms with Gasteiger partial charge in [-0.15, -0.1) is 0 Å². The Labute approximate surface area is 99.5 Å². The van der Waals surface area contributed by atoms with Gasteiger partial charge in [0.2, 0.25) is 0 Å². The summed E-state index contributed by atoms with van der Waals surface area (Å²) in [6.45, 7) is 1.84. The maximum absolute atomic E-state index is 12.9. The number of rotatable bonds is 3. The van der Waals surface area contributed by atoms with Crippen LogP contribution in [0.15, 0.2) is 30.7 Å². The molecule has 0 aliphatic rings. The minimum Gasteiger partial charge on any atom is -0.386 e. The molecule has 0 spiro atoms. The molecular formula is C13H15FN2O. The molecule has 0 fully saturated rings. The fourth-order valence-corrected chi connectivity index (χ4v) is 1.81. The van der Waals surface area contributed by atoms with Crippen molar-refractivity contribution in [3.8, 4) is 0 Å². The number of halogens is 1. The summed E-state index contributed by atoms with van der Waals surface area (Å²) in [6.07, 6.45) is 3.23. The van der Waals surface area contributed by atoms with E-state index >= 15 is 0 Å². The quantitative estimate of drug-likeness (QED) is 0.883. The van der Waals surface area contributed by atoms with Crippen molar-refractivity contribution in [2.24, 2.45) is 7.05 Å². The van der Waals surface area contributed by atoms with Gasteiger partial charge in [-0.2, -0.15) is 0 Å². The number of hydrogen-bond acceptors (Lipinski definition) is 2. The van der Waals surface area contributed by atoms with E-state index in [1.807, 2.05) is 14.0 Å². The SMILES string of the molecule is Cc1cc(F)ccc1CC(O)c1cn(C)cn1. The molecule has 0 saturated heterocycles. The van der Waals surface area contributed by atoms with Crippen LogP contribution in [0, 0.1) is 12.7 Å². The smallest absolute Gasteiger partial charge is 0.123 e. The van der Waals surface area contributed by atoms with Gasteiger partial charge in [-0.25, -0.2) is 9.37 Å². The van der Waals surface area contributed by atoms with Crippen molar-refractivity contribution in [1.29, 1.82) is 0 Å². The van der Waals surface area contributed by atoms with Crippen LogP contribution in [0.1, 0.15) is 22.9 Å². The highest BCUT2D eigenvalue weighted by Gasteiger charge is 2.12. The number of imidazole rings is 1. The molecule has 4 heteroatoms. The highest BCUT2D eigenvalue weighted by Crippen LogP contribution is 2.19. The van der Waals surface area contributed by atoms with Gasteiger partial charge in [-0.05, 0) is 30.2 Å². The van der Waals surface area contributed by atoms with E-state index in [0.717, 1.165) is 11.1 Å². The lowest BCUT2D eigenvalue weighted by atomic mass is 10.0. The zero-order valence-corrected chi connectivity index (χ0v) is 9.89. The number of aliphatic hydroxyl groups is 1. The lowest BCUT2D eigenvalue weighted by Gasteiger charge is -2.10. The van der Waals surface area contributed by atoms with E-state index < -0.39 is 6.10 Å². The molecule has 2 aromatic rings. The normalized spacial score (nSPS) is 12.7. The predicted molar refractivity (Wildman–Crippen MR) is 63.0 cm³/mol. The van der Waals surface area contributed by atoms with Gasteiger partial charge < -0.3 is 9.67 Å². The molecule has 0 radical (unpaired) electrons. The van der Waals surface area contributed by atoms with Crippen molar-refractivity contribution in [3.05, 3.63) is 53.4 Å². The number of aryl methyl sites for hydroxylation is 2. The second kappa shape index (κ2) is 4.67. The molecule has 1 heterocycles. The Morgan fingerprint density at radius 1 is 1.47 bits per heavy atom. The summed E-state index contributed by atoms with van der Waals surface area (Å²) in [6, 6.07) is 4.59. The van der Waals surface area contributed by atoms with E-state index in [4.69, 9.17) is 0 Å². The highest BCUT2D eigenvalue weighted by atomic mass is 19.1. The molecule has 1 N–H and O–H groups in total. The fraction of sp³-hybridized carbons (Fsp3) is 0.308. The molecule has 2 rings (SSSR count). The Morgan fingerprint density at radius 3 is 2.82 bits per heavy atom. The highest BCUT2D eigenvalue weighted by molar-refractivity contribution is 5.27. The van der Waals surface area contributed by atoms with Crippen molar-refractivity contribution >= 4 is 0 Å². The van der Waals surface area contributed by atoms with Crippen LogP contribution < -0.4 is 0 Å². The Morgan fingerprint density at radius 2 is 2.24 bits per heavy atom. The van der Waals surface area contributed by atoms with Crippen molar-refractivity contribution in [3.63, 3.8) is 0 Å². The number of aromatic nitrogens is 2. The molecule has 1 aromatic heterocycles. The van der Waals surface area contributed by atoms with Gasteiger partial charge in [0, 0.05) is 19.7 Å². The van der Waals surface area contributed by atoms with Crippen LogP contribution in [0.3, 0.4) is 0 Å². The van der Waals surface area contributed by atoms with E-state index in [1.165, 1.54) is 12.1 Å². The molecule has 1 aromatic carbocycles. The van der Waals surface area contributed by atoms with Crippen LogP contribution in [0.25, 0.3) is 0 Å². The van der Waals surface area contributed by atoms with E-state index in [-0.39, 0.29) is 5.82 Å². The second-order valence-electron chi connectivity index (χ2n) is 4.25. The van der Waals surface area contributed by atoms with Crippen molar-refractivity contribution < 1.29 is 9.50 Å². The van der Waals surface area contributed by atoms with E-state index in [9.17, 15) is 9.50 Å². The van der Waals surface area contributed by atoms with Gasteiger partial charge in [-0.3, -0.25) is 0 Å². The van der Waals surface area contributed by atoms with Crippen molar-refractivity contribution in [2.75, 3.05) is 0 Å². The van der Waals surface area contributed by atoms with Crippen LogP contribution >= 0.6 is 0 Å². The fourth-order valence-electron chi connectivity index (χ4n) is 1.81. The minimum atomic E-state index is -0.652. The zero-order chi connectivity index (χ0) is 12.4. The second-order valence-corrected chi connectivity index (χ2v) is 4.25. The zero-order valence-electron chi connectivity index (χ0n) is 9.89. The first-order chi connectivity index (χ1) is 8.06. The molecule has 0 aliphatic carbocycles. The van der Waals surface area contributed by atoms with Crippen LogP contribution in [0.4, 0.5) is 4.39 Å². The first-order valence-electron chi connectivity index (χ1n) is 5.47. The maximum Gasteiger partial charge on any atom is 0.123 e. The van der Waals surface area contributed by atoms with Gasteiger partial charge in [0.05, 0.1) is 12.0 Å². The van der Waals surface area contributed by atoms with Gasteiger partial charge in [-0.1, -0.05) is 6.07 Å². The summed E-state index contributed by atoms with van der Waals surface area (Å²) in [4.78, 5) is 4.10. The van der Waals surface area contributed by atoms with Crippen LogP contribution in [-0.4, -0.2) is 14.7 Å². The van der Waals surface area contributed by atoms with Crippen molar-refractivity contribution in [1.82, 2.24) is 9.55 Å². The van der Waals surface area contributed by atoms with E-state index in [0.29, 0.717) is 12.1 Å². The Balaban J connectivity index is 2.15. The third-order valence-corrected chi connectivity index (χ3v) is 2.78. The minimum absolute atomic E-state index is 0.251. The first-order valence-corrected chi connectivity index (χ1v) is 5.47. The average molecular weight is 234 g/mol. The summed E-state index contributed by atoms with van der Waals surface area (Å²) >= 11 is 0. The molecule has 0 aliphatic heterocycles. The molecular weight excluding hydrogens is 219 g/mol. The monoisotopic (exact) mass is 234 g/mol. The average Bonchev–Trinajstić information content (AvgIpc) is 2.69.